The summed E-state index contributed by atoms with van der Waals surface area (Å²) < 4.78 is 7.05. The molecule has 2 N–H and O–H groups in total. The molecule has 2 rings (SSSR count). The number of nitrogens with zero attached hydrogens (tertiary/aromatic N) is 3. The summed E-state index contributed by atoms with van der Waals surface area (Å²) in [5, 5.41) is 0. The molecule has 0 radical (unpaired) electrons. The summed E-state index contributed by atoms with van der Waals surface area (Å²) in [6.45, 7) is 2.71. The SMILES string of the molecule is Cc1ccc2nc(CCl)n(CCOCC(N)=O)c2n1. The van der Waals surface area contributed by atoms with Gasteiger partial charge >= 0.3 is 0 Å². The summed E-state index contributed by atoms with van der Waals surface area (Å²) >= 11 is 5.88. The summed E-state index contributed by atoms with van der Waals surface area (Å²) in [6.07, 6.45) is 0. The number of primary amides is 1. The van der Waals surface area contributed by atoms with Gasteiger partial charge in [-0.2, -0.15) is 0 Å². The Labute approximate surface area is 115 Å². The van der Waals surface area contributed by atoms with E-state index in [9.17, 15) is 4.79 Å². The number of carbonyl (C=O) groups excluding carboxylic acids is 1. The molecule has 0 spiro atoms. The van der Waals surface area contributed by atoms with Gasteiger partial charge in [-0.05, 0) is 19.1 Å². The maximum atomic E-state index is 10.6. The van der Waals surface area contributed by atoms with Gasteiger partial charge in [0.25, 0.3) is 0 Å². The van der Waals surface area contributed by atoms with Crippen LogP contribution >= 0.6 is 11.6 Å². The molecule has 2 aromatic heterocycles. The lowest BCUT2D eigenvalue weighted by atomic mass is 10.3. The van der Waals surface area contributed by atoms with Crippen molar-refractivity contribution in [3.8, 4) is 0 Å². The van der Waals surface area contributed by atoms with E-state index in [2.05, 4.69) is 9.97 Å². The van der Waals surface area contributed by atoms with Gasteiger partial charge in [0.05, 0.1) is 12.5 Å². The van der Waals surface area contributed by atoms with E-state index in [1.54, 1.807) is 0 Å². The number of pyridine rings is 1. The van der Waals surface area contributed by atoms with Crippen LogP contribution < -0.4 is 5.73 Å². The van der Waals surface area contributed by atoms with Gasteiger partial charge in [0.2, 0.25) is 5.91 Å². The number of hydrogen-bond acceptors (Lipinski definition) is 4. The number of halogens is 1. The second kappa shape index (κ2) is 5.99. The minimum Gasteiger partial charge on any atom is -0.370 e. The van der Waals surface area contributed by atoms with Gasteiger partial charge in [-0.15, -0.1) is 11.6 Å². The number of rotatable bonds is 6. The van der Waals surface area contributed by atoms with Crippen LogP contribution in [-0.2, 0) is 22.0 Å². The molecule has 0 aromatic carbocycles. The van der Waals surface area contributed by atoms with E-state index in [1.807, 2.05) is 23.6 Å². The van der Waals surface area contributed by atoms with Crippen LogP contribution in [0.3, 0.4) is 0 Å². The Morgan fingerprint density at radius 2 is 2.26 bits per heavy atom. The average molecular weight is 283 g/mol. The van der Waals surface area contributed by atoms with Gasteiger partial charge < -0.3 is 15.0 Å². The molecule has 0 bridgehead atoms. The molecule has 19 heavy (non-hydrogen) atoms. The van der Waals surface area contributed by atoms with Crippen molar-refractivity contribution in [2.24, 2.45) is 5.73 Å². The number of carbonyl (C=O) groups is 1. The maximum absolute atomic E-state index is 10.6. The third kappa shape index (κ3) is 3.21. The summed E-state index contributed by atoms with van der Waals surface area (Å²) in [7, 11) is 0. The highest BCUT2D eigenvalue weighted by Crippen LogP contribution is 2.16. The average Bonchev–Trinajstić information content (AvgIpc) is 2.72. The van der Waals surface area contributed by atoms with E-state index in [1.165, 1.54) is 0 Å². The summed E-state index contributed by atoms with van der Waals surface area (Å²) in [4.78, 5) is 19.4. The molecule has 0 fully saturated rings. The second-order valence-electron chi connectivity index (χ2n) is 4.13. The smallest absolute Gasteiger partial charge is 0.243 e. The van der Waals surface area contributed by atoms with Gasteiger partial charge in [0.1, 0.15) is 17.9 Å². The highest BCUT2D eigenvalue weighted by atomic mass is 35.5. The normalized spacial score (nSPS) is 11.1. The summed E-state index contributed by atoms with van der Waals surface area (Å²) in [5.74, 6) is 0.546. The summed E-state index contributed by atoms with van der Waals surface area (Å²) in [6, 6.07) is 3.82. The Balaban J connectivity index is 2.19. The van der Waals surface area contributed by atoms with Gasteiger partial charge in [-0.25, -0.2) is 9.97 Å². The van der Waals surface area contributed by atoms with Gasteiger partial charge in [-0.1, -0.05) is 0 Å². The van der Waals surface area contributed by atoms with Crippen molar-refractivity contribution in [2.45, 2.75) is 19.3 Å². The van der Waals surface area contributed by atoms with Crippen LogP contribution in [0.25, 0.3) is 11.2 Å². The van der Waals surface area contributed by atoms with Crippen LogP contribution in [0.1, 0.15) is 11.5 Å². The highest BCUT2D eigenvalue weighted by Gasteiger charge is 2.11. The van der Waals surface area contributed by atoms with Crippen LogP contribution in [0.5, 0.6) is 0 Å². The van der Waals surface area contributed by atoms with Crippen molar-refractivity contribution < 1.29 is 9.53 Å². The fourth-order valence-electron chi connectivity index (χ4n) is 1.81. The van der Waals surface area contributed by atoms with E-state index in [0.29, 0.717) is 19.0 Å². The van der Waals surface area contributed by atoms with E-state index in [4.69, 9.17) is 22.1 Å². The molecule has 0 aliphatic rings. The number of fused-ring (bicyclic) bond motifs is 1. The predicted molar refractivity (Wildman–Crippen MR) is 71.8 cm³/mol. The van der Waals surface area contributed by atoms with E-state index in [-0.39, 0.29) is 6.61 Å². The molecule has 102 valence electrons. The molecule has 6 nitrogen and oxygen atoms in total. The Hall–Kier alpha value is -1.66. The van der Waals surface area contributed by atoms with Crippen LogP contribution in [0.4, 0.5) is 0 Å². The molecule has 0 atom stereocenters. The van der Waals surface area contributed by atoms with Crippen LogP contribution in [-0.4, -0.2) is 33.7 Å². The Kier molecular flexibility index (Phi) is 4.34. The van der Waals surface area contributed by atoms with Crippen molar-refractivity contribution in [3.63, 3.8) is 0 Å². The molecule has 0 saturated carbocycles. The Bertz CT molecular complexity index is 597. The Morgan fingerprint density at radius 1 is 1.47 bits per heavy atom. The number of hydrogen-bond donors (Lipinski definition) is 1. The minimum absolute atomic E-state index is 0.0880. The fourth-order valence-corrected chi connectivity index (χ4v) is 2.01. The first-order valence-corrected chi connectivity index (χ1v) is 6.40. The molecule has 0 unspecified atom stereocenters. The van der Waals surface area contributed by atoms with Crippen molar-refractivity contribution in [1.29, 1.82) is 0 Å². The first-order chi connectivity index (χ1) is 9.11. The predicted octanol–water partition coefficient (Wildman–Crippen LogP) is 0.980. The van der Waals surface area contributed by atoms with Crippen molar-refractivity contribution in [3.05, 3.63) is 23.7 Å². The van der Waals surface area contributed by atoms with Gasteiger partial charge in [-0.3, -0.25) is 4.79 Å². The number of imidazole rings is 1. The number of nitrogens with two attached hydrogens (primary N) is 1. The zero-order chi connectivity index (χ0) is 13.8. The molecular weight excluding hydrogens is 268 g/mol. The standard InChI is InChI=1S/C12H15ClN4O2/c1-8-2-3-9-12(15-8)17(11(6-13)16-9)4-5-19-7-10(14)18/h2-3H,4-7H2,1H3,(H2,14,18). The largest absolute Gasteiger partial charge is 0.370 e. The first-order valence-electron chi connectivity index (χ1n) is 5.86. The number of aryl methyl sites for hydroxylation is 1. The van der Waals surface area contributed by atoms with Gasteiger partial charge in [0, 0.05) is 12.2 Å². The molecule has 7 heteroatoms. The van der Waals surface area contributed by atoms with Crippen LogP contribution in [0.2, 0.25) is 0 Å². The van der Waals surface area contributed by atoms with E-state index >= 15 is 0 Å². The second-order valence-corrected chi connectivity index (χ2v) is 4.39. The third-order valence-corrected chi connectivity index (χ3v) is 2.87. The first kappa shape index (κ1) is 13.8. The van der Waals surface area contributed by atoms with Crippen LogP contribution in [0.15, 0.2) is 12.1 Å². The van der Waals surface area contributed by atoms with E-state index in [0.717, 1.165) is 22.7 Å². The molecule has 1 amide bonds. The Morgan fingerprint density at radius 3 is 2.95 bits per heavy atom. The number of ether oxygens (including phenoxy) is 1. The molecule has 0 aliphatic carbocycles. The number of aromatic nitrogens is 3. The lowest BCUT2D eigenvalue weighted by molar-refractivity contribution is -0.122. The maximum Gasteiger partial charge on any atom is 0.243 e. The molecule has 0 aliphatic heterocycles. The lowest BCUT2D eigenvalue weighted by Gasteiger charge is -2.07. The fraction of sp³-hybridized carbons (Fsp3) is 0.417. The third-order valence-electron chi connectivity index (χ3n) is 2.63. The van der Waals surface area contributed by atoms with Crippen LogP contribution in [0, 0.1) is 6.92 Å². The number of amides is 1. The van der Waals surface area contributed by atoms with E-state index < -0.39 is 5.91 Å². The highest BCUT2D eigenvalue weighted by molar-refractivity contribution is 6.16. The summed E-state index contributed by atoms with van der Waals surface area (Å²) in [5.41, 5.74) is 7.49. The lowest BCUT2D eigenvalue weighted by Crippen LogP contribution is -2.20. The van der Waals surface area contributed by atoms with Gasteiger partial charge in [0.15, 0.2) is 5.65 Å². The zero-order valence-corrected chi connectivity index (χ0v) is 11.4. The quantitative estimate of drug-likeness (QED) is 0.632. The molecule has 2 heterocycles. The van der Waals surface area contributed by atoms with Crippen molar-refractivity contribution in [2.75, 3.05) is 13.2 Å². The monoisotopic (exact) mass is 282 g/mol. The van der Waals surface area contributed by atoms with Crippen molar-refractivity contribution >= 4 is 28.7 Å². The van der Waals surface area contributed by atoms with Crippen molar-refractivity contribution in [1.82, 2.24) is 14.5 Å². The number of alkyl halides is 1. The molecular formula is C12H15ClN4O2. The zero-order valence-electron chi connectivity index (χ0n) is 10.6. The molecule has 2 aromatic rings. The molecule has 0 saturated heterocycles. The minimum atomic E-state index is -0.484. The topological polar surface area (TPSA) is 83.0 Å².